The fourth-order valence-electron chi connectivity index (χ4n) is 3.18. The predicted molar refractivity (Wildman–Crippen MR) is 112 cm³/mol. The first-order chi connectivity index (χ1) is 13.5. The largest absolute Gasteiger partial charge is 0.352 e. The molecule has 5 nitrogen and oxygen atoms in total. The van der Waals surface area contributed by atoms with Crippen molar-refractivity contribution < 1.29 is 8.78 Å². The summed E-state index contributed by atoms with van der Waals surface area (Å²) in [5.41, 5.74) is 5.49. The van der Waals surface area contributed by atoms with E-state index in [2.05, 4.69) is 48.7 Å². The first-order valence-corrected chi connectivity index (χ1v) is 9.72. The molecule has 3 aromatic rings. The van der Waals surface area contributed by atoms with Crippen LogP contribution in [0.4, 0.5) is 20.2 Å². The molecule has 0 saturated carbocycles. The average Bonchev–Trinajstić information content (AvgIpc) is 3.10. The van der Waals surface area contributed by atoms with Gasteiger partial charge in [0.05, 0.1) is 23.6 Å². The summed E-state index contributed by atoms with van der Waals surface area (Å²) in [6.07, 6.45) is 3.20. The van der Waals surface area contributed by atoms with E-state index in [0.29, 0.717) is 28.1 Å². The second-order valence-corrected chi connectivity index (χ2v) is 7.70. The molecule has 2 atom stereocenters. The molecule has 2 aromatic carbocycles. The summed E-state index contributed by atoms with van der Waals surface area (Å²) < 4.78 is 29.7. The Morgan fingerprint density at radius 3 is 2.54 bits per heavy atom. The molecule has 2 unspecified atom stereocenters. The Morgan fingerprint density at radius 1 is 1.00 bits per heavy atom. The molecule has 0 fully saturated rings. The lowest BCUT2D eigenvalue weighted by molar-refractivity contribution is 0.568. The van der Waals surface area contributed by atoms with Crippen LogP contribution in [-0.2, 0) is 0 Å². The second-order valence-electron chi connectivity index (χ2n) is 6.46. The van der Waals surface area contributed by atoms with E-state index >= 15 is 0 Å². The minimum atomic E-state index is -0.381. The van der Waals surface area contributed by atoms with Crippen LogP contribution in [0.3, 0.4) is 0 Å². The number of nitrogens with one attached hydrogen (secondary N) is 2. The highest BCUT2D eigenvalue weighted by atomic mass is 127. The summed E-state index contributed by atoms with van der Waals surface area (Å²) in [5, 5.41) is 11.3. The number of nitrogens with zero attached hydrogens (tertiary/aromatic N) is 3. The third-order valence-electron chi connectivity index (χ3n) is 4.56. The standard InChI is InChI=1S/C20H16F2IN5/c1-11-20(27-28-26-11)19-14(13-4-2-3-5-15(13)21)9-24-10-18(19)25-17-7-6-12(23)8-16(17)22/h2-11,20,25H,1H3,(H,26,27). The Kier molecular flexibility index (Phi) is 5.21. The van der Waals surface area contributed by atoms with E-state index < -0.39 is 0 Å². The molecule has 1 aliphatic rings. The molecule has 1 aliphatic heterocycles. The monoisotopic (exact) mass is 491 g/mol. The van der Waals surface area contributed by atoms with Gasteiger partial charge in [0.25, 0.3) is 0 Å². The maximum Gasteiger partial charge on any atom is 0.147 e. The highest BCUT2D eigenvalue weighted by Gasteiger charge is 2.30. The van der Waals surface area contributed by atoms with Crippen LogP contribution in [0.1, 0.15) is 18.5 Å². The van der Waals surface area contributed by atoms with Gasteiger partial charge in [-0.05, 0) is 53.8 Å². The normalized spacial score (nSPS) is 18.1. The quantitative estimate of drug-likeness (QED) is 0.456. The summed E-state index contributed by atoms with van der Waals surface area (Å²) in [6, 6.07) is 10.9. The highest BCUT2D eigenvalue weighted by Crippen LogP contribution is 2.40. The van der Waals surface area contributed by atoms with Crippen LogP contribution in [-0.4, -0.2) is 11.0 Å². The minimum absolute atomic E-state index is 0.102. The number of hydrogen-bond acceptors (Lipinski definition) is 5. The Bertz CT molecular complexity index is 1060. The highest BCUT2D eigenvalue weighted by molar-refractivity contribution is 14.1. The molecule has 28 heavy (non-hydrogen) atoms. The fourth-order valence-corrected chi connectivity index (χ4v) is 3.64. The van der Waals surface area contributed by atoms with Gasteiger partial charge in [-0.3, -0.25) is 10.4 Å². The van der Waals surface area contributed by atoms with Crippen molar-refractivity contribution in [1.82, 2.24) is 10.4 Å². The summed E-state index contributed by atoms with van der Waals surface area (Å²) in [7, 11) is 0. The lowest BCUT2D eigenvalue weighted by Gasteiger charge is -2.21. The number of pyridine rings is 1. The van der Waals surface area contributed by atoms with Crippen molar-refractivity contribution in [2.24, 2.45) is 10.3 Å². The maximum atomic E-state index is 14.5. The Hall–Kier alpha value is -2.62. The van der Waals surface area contributed by atoms with Crippen LogP contribution in [0.5, 0.6) is 0 Å². The van der Waals surface area contributed by atoms with Crippen LogP contribution in [0, 0.1) is 15.2 Å². The van der Waals surface area contributed by atoms with E-state index in [1.807, 2.05) is 6.92 Å². The number of aromatic nitrogens is 1. The first kappa shape index (κ1) is 18.7. The number of halogens is 3. The van der Waals surface area contributed by atoms with Crippen LogP contribution < -0.4 is 10.7 Å². The van der Waals surface area contributed by atoms with E-state index in [9.17, 15) is 8.78 Å². The molecule has 0 aliphatic carbocycles. The van der Waals surface area contributed by atoms with Gasteiger partial charge in [-0.2, -0.15) is 5.11 Å². The molecule has 2 N–H and O–H groups in total. The van der Waals surface area contributed by atoms with Crippen molar-refractivity contribution in [2.75, 3.05) is 5.32 Å². The maximum absolute atomic E-state index is 14.5. The van der Waals surface area contributed by atoms with Crippen molar-refractivity contribution in [3.8, 4) is 11.1 Å². The number of hydrogen-bond donors (Lipinski definition) is 2. The molecule has 4 rings (SSSR count). The third kappa shape index (κ3) is 3.56. The van der Waals surface area contributed by atoms with Gasteiger partial charge in [0.1, 0.15) is 17.7 Å². The van der Waals surface area contributed by atoms with Crippen molar-refractivity contribution >= 4 is 34.0 Å². The Labute approximate surface area is 174 Å². The van der Waals surface area contributed by atoms with E-state index in [-0.39, 0.29) is 23.7 Å². The fraction of sp³-hybridized carbons (Fsp3) is 0.150. The van der Waals surface area contributed by atoms with Gasteiger partial charge in [-0.1, -0.05) is 23.4 Å². The van der Waals surface area contributed by atoms with Gasteiger partial charge in [0.15, 0.2) is 0 Å². The Morgan fingerprint density at radius 2 is 1.82 bits per heavy atom. The first-order valence-electron chi connectivity index (χ1n) is 8.65. The summed E-state index contributed by atoms with van der Waals surface area (Å²) >= 11 is 2.05. The van der Waals surface area contributed by atoms with E-state index in [1.54, 1.807) is 42.7 Å². The zero-order chi connectivity index (χ0) is 19.7. The SMILES string of the molecule is CC1NN=NC1c1c(Nc2ccc(I)cc2F)cncc1-c1ccccc1F. The number of benzene rings is 2. The van der Waals surface area contributed by atoms with Crippen LogP contribution in [0.2, 0.25) is 0 Å². The smallest absolute Gasteiger partial charge is 0.147 e. The van der Waals surface area contributed by atoms with Crippen LogP contribution in [0.15, 0.2) is 65.2 Å². The molecule has 0 bridgehead atoms. The van der Waals surface area contributed by atoms with Crippen molar-refractivity contribution in [1.29, 1.82) is 0 Å². The Balaban J connectivity index is 1.88. The molecule has 0 saturated heterocycles. The van der Waals surface area contributed by atoms with Gasteiger partial charge in [0.2, 0.25) is 0 Å². The molecule has 0 amide bonds. The van der Waals surface area contributed by atoms with Crippen molar-refractivity contribution in [3.05, 3.63) is 75.6 Å². The van der Waals surface area contributed by atoms with Gasteiger partial charge in [0, 0.05) is 26.5 Å². The second kappa shape index (κ2) is 7.78. The van der Waals surface area contributed by atoms with Crippen molar-refractivity contribution in [3.63, 3.8) is 0 Å². The molecule has 142 valence electrons. The third-order valence-corrected chi connectivity index (χ3v) is 5.24. The molecule has 0 spiro atoms. The molecular weight excluding hydrogens is 475 g/mol. The van der Waals surface area contributed by atoms with Crippen LogP contribution >= 0.6 is 22.6 Å². The molecule has 0 radical (unpaired) electrons. The molecule has 1 aromatic heterocycles. The topological polar surface area (TPSA) is 61.7 Å². The van der Waals surface area contributed by atoms with Crippen LogP contribution in [0.25, 0.3) is 11.1 Å². The summed E-state index contributed by atoms with van der Waals surface area (Å²) in [5.74, 6) is -0.743. The summed E-state index contributed by atoms with van der Waals surface area (Å²) in [6.45, 7) is 1.94. The lowest BCUT2D eigenvalue weighted by Crippen LogP contribution is -2.22. The molecule has 8 heteroatoms. The zero-order valence-corrected chi connectivity index (χ0v) is 17.0. The molecular formula is C20H16F2IN5. The van der Waals surface area contributed by atoms with Gasteiger partial charge in [-0.15, -0.1) is 0 Å². The van der Waals surface area contributed by atoms with Crippen molar-refractivity contribution in [2.45, 2.75) is 19.0 Å². The predicted octanol–water partition coefficient (Wildman–Crippen LogP) is 5.78. The zero-order valence-electron chi connectivity index (χ0n) is 14.8. The number of rotatable bonds is 4. The van der Waals surface area contributed by atoms with E-state index in [1.165, 1.54) is 12.1 Å². The number of anilines is 2. The summed E-state index contributed by atoms with van der Waals surface area (Å²) in [4.78, 5) is 4.26. The molecule has 2 heterocycles. The average molecular weight is 491 g/mol. The van der Waals surface area contributed by atoms with Gasteiger partial charge >= 0.3 is 0 Å². The lowest BCUT2D eigenvalue weighted by atomic mass is 9.92. The van der Waals surface area contributed by atoms with Gasteiger partial charge in [-0.25, -0.2) is 8.78 Å². The van der Waals surface area contributed by atoms with E-state index in [4.69, 9.17) is 0 Å². The van der Waals surface area contributed by atoms with Gasteiger partial charge < -0.3 is 5.32 Å². The minimum Gasteiger partial charge on any atom is -0.352 e. The van der Waals surface area contributed by atoms with E-state index in [0.717, 1.165) is 3.57 Å².